The maximum Gasteiger partial charge on any atom is 0.204 e. The van der Waals surface area contributed by atoms with Crippen LogP contribution >= 0.6 is 11.6 Å². The summed E-state index contributed by atoms with van der Waals surface area (Å²) in [5.41, 5.74) is 5.87. The number of imidazole rings is 1. The van der Waals surface area contributed by atoms with Crippen LogP contribution in [0, 0.1) is 5.82 Å². The Balaban J connectivity index is 2.58. The lowest BCUT2D eigenvalue weighted by Gasteiger charge is -2.05. The zero-order chi connectivity index (χ0) is 10.1. The van der Waals surface area contributed by atoms with Crippen LogP contribution in [0.4, 0.5) is 10.3 Å². The molecule has 0 saturated heterocycles. The summed E-state index contributed by atoms with van der Waals surface area (Å²) >= 11 is 5.62. The van der Waals surface area contributed by atoms with Crippen molar-refractivity contribution in [3.8, 4) is 5.69 Å². The van der Waals surface area contributed by atoms with Crippen LogP contribution in [0.1, 0.15) is 0 Å². The highest BCUT2D eigenvalue weighted by molar-refractivity contribution is 6.30. The van der Waals surface area contributed by atoms with Crippen LogP contribution in [0.3, 0.4) is 0 Å². The third-order valence-electron chi connectivity index (χ3n) is 1.84. The number of nitrogens with zero attached hydrogens (tertiary/aromatic N) is 2. The van der Waals surface area contributed by atoms with E-state index < -0.39 is 5.82 Å². The van der Waals surface area contributed by atoms with E-state index >= 15 is 0 Å². The number of hydrogen-bond acceptors (Lipinski definition) is 2. The molecular formula is C9H7ClFN3. The normalized spacial score (nSPS) is 10.4. The molecule has 2 rings (SSSR count). The van der Waals surface area contributed by atoms with Gasteiger partial charge >= 0.3 is 0 Å². The van der Waals surface area contributed by atoms with Crippen LogP contribution in [0.5, 0.6) is 0 Å². The summed E-state index contributed by atoms with van der Waals surface area (Å²) in [6.07, 6.45) is 3.09. The largest absolute Gasteiger partial charge is 0.369 e. The molecule has 14 heavy (non-hydrogen) atoms. The molecule has 0 spiro atoms. The summed E-state index contributed by atoms with van der Waals surface area (Å²) in [5, 5.41) is 0.352. The second-order valence-corrected chi connectivity index (χ2v) is 3.19. The summed E-state index contributed by atoms with van der Waals surface area (Å²) in [4.78, 5) is 3.80. The van der Waals surface area contributed by atoms with Gasteiger partial charge in [-0.2, -0.15) is 0 Å². The predicted octanol–water partition coefficient (Wildman–Crippen LogP) is 2.25. The standard InChI is InChI=1S/C9H7ClFN3/c10-6-1-2-8(7(11)5-6)14-4-3-13-9(14)12/h1-5H,(H2,12,13). The molecule has 0 aliphatic carbocycles. The van der Waals surface area contributed by atoms with Crippen LogP contribution in [-0.4, -0.2) is 9.55 Å². The van der Waals surface area contributed by atoms with E-state index in [4.69, 9.17) is 17.3 Å². The molecule has 1 aromatic heterocycles. The van der Waals surface area contributed by atoms with Crippen LogP contribution in [-0.2, 0) is 0 Å². The highest BCUT2D eigenvalue weighted by Gasteiger charge is 2.07. The van der Waals surface area contributed by atoms with Crippen molar-refractivity contribution in [1.29, 1.82) is 0 Å². The van der Waals surface area contributed by atoms with Gasteiger partial charge in [0.2, 0.25) is 5.95 Å². The molecule has 0 bridgehead atoms. The predicted molar refractivity (Wildman–Crippen MR) is 52.9 cm³/mol. The Kier molecular flexibility index (Phi) is 2.13. The maximum absolute atomic E-state index is 13.4. The van der Waals surface area contributed by atoms with E-state index in [1.807, 2.05) is 0 Å². The molecule has 0 atom stereocenters. The van der Waals surface area contributed by atoms with Crippen molar-refractivity contribution in [3.05, 3.63) is 41.4 Å². The van der Waals surface area contributed by atoms with Crippen molar-refractivity contribution in [2.75, 3.05) is 5.73 Å². The molecule has 3 nitrogen and oxygen atoms in total. The van der Waals surface area contributed by atoms with E-state index in [9.17, 15) is 4.39 Å². The number of nitrogen functional groups attached to an aromatic ring is 1. The summed E-state index contributed by atoms with van der Waals surface area (Å²) in [5.74, 6) is -0.187. The van der Waals surface area contributed by atoms with Crippen LogP contribution in [0.15, 0.2) is 30.6 Å². The first-order valence-corrected chi connectivity index (χ1v) is 4.30. The first-order valence-electron chi connectivity index (χ1n) is 3.93. The molecule has 0 aliphatic rings. The van der Waals surface area contributed by atoms with Gasteiger partial charge in [0.15, 0.2) is 0 Å². The average molecular weight is 212 g/mol. The molecule has 1 aromatic carbocycles. The minimum atomic E-state index is -0.429. The van der Waals surface area contributed by atoms with Gasteiger partial charge in [-0.15, -0.1) is 0 Å². The van der Waals surface area contributed by atoms with Crippen molar-refractivity contribution in [1.82, 2.24) is 9.55 Å². The van der Waals surface area contributed by atoms with Crippen molar-refractivity contribution < 1.29 is 4.39 Å². The molecule has 0 unspecified atom stereocenters. The molecule has 2 aromatic rings. The third kappa shape index (κ3) is 1.44. The Hall–Kier alpha value is -1.55. The fourth-order valence-electron chi connectivity index (χ4n) is 1.20. The number of anilines is 1. The Labute approximate surface area is 84.9 Å². The van der Waals surface area contributed by atoms with Crippen molar-refractivity contribution in [2.45, 2.75) is 0 Å². The number of hydrogen-bond donors (Lipinski definition) is 1. The number of halogens is 2. The van der Waals surface area contributed by atoms with Crippen molar-refractivity contribution in [3.63, 3.8) is 0 Å². The number of rotatable bonds is 1. The Bertz CT molecular complexity index is 467. The molecular weight excluding hydrogens is 205 g/mol. The lowest BCUT2D eigenvalue weighted by atomic mass is 10.3. The zero-order valence-corrected chi connectivity index (χ0v) is 7.87. The highest BCUT2D eigenvalue weighted by atomic mass is 35.5. The molecule has 0 fully saturated rings. The van der Waals surface area contributed by atoms with Gasteiger partial charge in [-0.3, -0.25) is 4.57 Å². The van der Waals surface area contributed by atoms with Gasteiger partial charge in [0, 0.05) is 17.4 Å². The van der Waals surface area contributed by atoms with E-state index in [0.29, 0.717) is 10.7 Å². The molecule has 0 amide bonds. The fraction of sp³-hybridized carbons (Fsp3) is 0. The Morgan fingerprint density at radius 3 is 2.79 bits per heavy atom. The summed E-state index contributed by atoms with van der Waals surface area (Å²) in [6.45, 7) is 0. The van der Waals surface area contributed by atoms with Crippen LogP contribution in [0.2, 0.25) is 5.02 Å². The quantitative estimate of drug-likeness (QED) is 0.786. The molecule has 1 heterocycles. The first-order chi connectivity index (χ1) is 6.68. The van der Waals surface area contributed by atoms with Crippen molar-refractivity contribution >= 4 is 17.5 Å². The summed E-state index contributed by atoms with van der Waals surface area (Å²) in [7, 11) is 0. The smallest absolute Gasteiger partial charge is 0.204 e. The van der Waals surface area contributed by atoms with Gasteiger partial charge < -0.3 is 5.73 Å². The van der Waals surface area contributed by atoms with E-state index in [1.54, 1.807) is 18.3 Å². The van der Waals surface area contributed by atoms with Gasteiger partial charge in [0.1, 0.15) is 5.82 Å². The molecule has 0 radical (unpaired) electrons. The molecule has 2 N–H and O–H groups in total. The summed E-state index contributed by atoms with van der Waals surface area (Å²) < 4.78 is 14.9. The van der Waals surface area contributed by atoms with Gasteiger partial charge in [-0.25, -0.2) is 9.37 Å². The third-order valence-corrected chi connectivity index (χ3v) is 2.07. The van der Waals surface area contributed by atoms with E-state index in [-0.39, 0.29) is 5.95 Å². The minimum absolute atomic E-state index is 0.242. The molecule has 0 aliphatic heterocycles. The second kappa shape index (κ2) is 3.31. The van der Waals surface area contributed by atoms with Gasteiger partial charge in [-0.05, 0) is 18.2 Å². The minimum Gasteiger partial charge on any atom is -0.369 e. The number of nitrogens with two attached hydrogens (primary N) is 1. The monoisotopic (exact) mass is 211 g/mol. The zero-order valence-electron chi connectivity index (χ0n) is 7.11. The Morgan fingerprint density at radius 1 is 1.43 bits per heavy atom. The lowest BCUT2D eigenvalue weighted by molar-refractivity contribution is 0.619. The summed E-state index contributed by atoms with van der Waals surface area (Å²) in [6, 6.07) is 4.38. The van der Waals surface area contributed by atoms with Crippen LogP contribution < -0.4 is 5.73 Å². The maximum atomic E-state index is 13.4. The van der Waals surface area contributed by atoms with Crippen LogP contribution in [0.25, 0.3) is 5.69 Å². The molecule has 72 valence electrons. The molecule has 5 heteroatoms. The SMILES string of the molecule is Nc1nccn1-c1ccc(Cl)cc1F. The van der Waals surface area contributed by atoms with Gasteiger partial charge in [0.25, 0.3) is 0 Å². The highest BCUT2D eigenvalue weighted by Crippen LogP contribution is 2.19. The number of benzene rings is 1. The lowest BCUT2D eigenvalue weighted by Crippen LogP contribution is -2.01. The van der Waals surface area contributed by atoms with Gasteiger partial charge in [-0.1, -0.05) is 11.6 Å². The topological polar surface area (TPSA) is 43.8 Å². The van der Waals surface area contributed by atoms with Crippen molar-refractivity contribution in [2.24, 2.45) is 0 Å². The molecule has 0 saturated carbocycles. The second-order valence-electron chi connectivity index (χ2n) is 2.75. The van der Waals surface area contributed by atoms with Gasteiger partial charge in [0.05, 0.1) is 5.69 Å². The number of aromatic nitrogens is 2. The van der Waals surface area contributed by atoms with E-state index in [1.165, 1.54) is 16.8 Å². The first kappa shape index (κ1) is 9.02. The van der Waals surface area contributed by atoms with E-state index in [2.05, 4.69) is 4.98 Å². The average Bonchev–Trinajstić information content (AvgIpc) is 2.52. The Morgan fingerprint density at radius 2 is 2.21 bits per heavy atom. The fourth-order valence-corrected chi connectivity index (χ4v) is 1.35. The van der Waals surface area contributed by atoms with E-state index in [0.717, 1.165) is 0 Å².